The molecule has 0 spiro atoms. The summed E-state index contributed by atoms with van der Waals surface area (Å²) < 4.78 is 0. The molecule has 3 N–H and O–H groups in total. The zero-order valence-electron chi connectivity index (χ0n) is 14.3. The van der Waals surface area contributed by atoms with E-state index in [4.69, 9.17) is 5.73 Å². The number of aliphatic hydroxyl groups excluding tert-OH is 1. The van der Waals surface area contributed by atoms with Crippen LogP contribution < -0.4 is 5.73 Å². The van der Waals surface area contributed by atoms with E-state index in [0.717, 1.165) is 50.2 Å². The number of aryl methyl sites for hydroxylation is 1. The van der Waals surface area contributed by atoms with Gasteiger partial charge in [-0.3, -0.25) is 4.90 Å². The lowest BCUT2D eigenvalue weighted by Crippen LogP contribution is -2.24. The first kappa shape index (κ1) is 16.2. The number of nitrogens with zero attached hydrogens (tertiary/aromatic N) is 3. The van der Waals surface area contributed by atoms with Crippen molar-refractivity contribution in [3.8, 4) is 0 Å². The van der Waals surface area contributed by atoms with Crippen molar-refractivity contribution in [1.29, 1.82) is 0 Å². The molecular weight excluding hydrogens is 312 g/mol. The first-order chi connectivity index (χ1) is 12.2. The first-order valence-electron chi connectivity index (χ1n) is 8.94. The number of anilines is 1. The summed E-state index contributed by atoms with van der Waals surface area (Å²) in [6, 6.07) is 10.5. The molecule has 2 aliphatic rings. The number of benzene rings is 1. The number of hydrogen-bond acceptors (Lipinski definition) is 5. The first-order valence-corrected chi connectivity index (χ1v) is 8.94. The predicted octanol–water partition coefficient (Wildman–Crippen LogP) is 1.92. The molecule has 1 fully saturated rings. The van der Waals surface area contributed by atoms with Crippen LogP contribution in [0.15, 0.2) is 42.7 Å². The Morgan fingerprint density at radius 2 is 2.00 bits per heavy atom. The van der Waals surface area contributed by atoms with Gasteiger partial charge in [0.2, 0.25) is 0 Å². The second-order valence-corrected chi connectivity index (χ2v) is 7.07. The van der Waals surface area contributed by atoms with Crippen LogP contribution in [-0.4, -0.2) is 45.7 Å². The maximum Gasteiger partial charge on any atom is 0.130 e. The maximum atomic E-state index is 10.4. The standard InChI is InChI=1S/C20H24N4O/c21-20-17-9-8-16(19(17)22-13-23-20)11-24-10-15(18(25)12-24)7-6-14-4-2-1-3-5-14/h1-5,8,13,15,18,25H,6-7,9-12H2,(H2,21,22,23)/t15-,18?/m0/s1. The Morgan fingerprint density at radius 3 is 2.84 bits per heavy atom. The minimum atomic E-state index is -0.249. The van der Waals surface area contributed by atoms with Crippen molar-refractivity contribution in [2.24, 2.45) is 5.92 Å². The van der Waals surface area contributed by atoms with E-state index in [1.165, 1.54) is 17.5 Å². The molecule has 130 valence electrons. The molecule has 5 nitrogen and oxygen atoms in total. The van der Waals surface area contributed by atoms with Gasteiger partial charge in [-0.2, -0.15) is 0 Å². The fourth-order valence-electron chi connectivity index (χ4n) is 3.96. The molecule has 1 aromatic heterocycles. The third-order valence-corrected chi connectivity index (χ3v) is 5.36. The molecule has 1 aliphatic carbocycles. The molecule has 4 rings (SSSR count). The van der Waals surface area contributed by atoms with Gasteiger partial charge < -0.3 is 10.8 Å². The number of allylic oxidation sites excluding steroid dienone is 1. The summed E-state index contributed by atoms with van der Waals surface area (Å²) in [7, 11) is 0. The van der Waals surface area contributed by atoms with Crippen LogP contribution in [0.5, 0.6) is 0 Å². The van der Waals surface area contributed by atoms with Crippen LogP contribution in [0.4, 0.5) is 5.82 Å². The Hall–Kier alpha value is -2.24. The SMILES string of the molecule is Nc1ncnc2c1CC=C2CN1CC(O)[C@@H](CCc2ccccc2)C1. The topological polar surface area (TPSA) is 75.3 Å². The van der Waals surface area contributed by atoms with Crippen LogP contribution in [0.25, 0.3) is 5.57 Å². The lowest BCUT2D eigenvalue weighted by atomic mass is 9.97. The molecule has 1 aliphatic heterocycles. The smallest absolute Gasteiger partial charge is 0.130 e. The Labute approximate surface area is 148 Å². The van der Waals surface area contributed by atoms with Crippen molar-refractivity contribution < 1.29 is 5.11 Å². The van der Waals surface area contributed by atoms with E-state index < -0.39 is 0 Å². The molecular formula is C20H24N4O. The van der Waals surface area contributed by atoms with Gasteiger partial charge in [-0.25, -0.2) is 9.97 Å². The maximum absolute atomic E-state index is 10.4. The van der Waals surface area contributed by atoms with Gasteiger partial charge >= 0.3 is 0 Å². The summed E-state index contributed by atoms with van der Waals surface area (Å²) in [5.74, 6) is 0.913. The average Bonchev–Trinajstić information content (AvgIpc) is 3.19. The minimum absolute atomic E-state index is 0.249. The van der Waals surface area contributed by atoms with E-state index >= 15 is 0 Å². The normalized spacial score (nSPS) is 22.8. The number of likely N-dealkylation sites (tertiary alicyclic amines) is 1. The van der Waals surface area contributed by atoms with Crippen molar-refractivity contribution in [2.75, 3.05) is 25.4 Å². The highest BCUT2D eigenvalue weighted by Gasteiger charge is 2.32. The Balaban J connectivity index is 1.36. The molecule has 1 aromatic carbocycles. The summed E-state index contributed by atoms with van der Waals surface area (Å²) in [4.78, 5) is 10.8. The monoisotopic (exact) mass is 336 g/mol. The van der Waals surface area contributed by atoms with Crippen LogP contribution in [0, 0.1) is 5.92 Å². The third-order valence-electron chi connectivity index (χ3n) is 5.36. The Bertz CT molecular complexity index is 775. The molecule has 2 atom stereocenters. The molecule has 0 radical (unpaired) electrons. The zero-order valence-corrected chi connectivity index (χ0v) is 14.3. The second-order valence-electron chi connectivity index (χ2n) is 7.07. The molecule has 25 heavy (non-hydrogen) atoms. The van der Waals surface area contributed by atoms with Crippen molar-refractivity contribution in [3.05, 3.63) is 59.6 Å². The minimum Gasteiger partial charge on any atom is -0.391 e. The van der Waals surface area contributed by atoms with Crippen molar-refractivity contribution >= 4 is 11.4 Å². The van der Waals surface area contributed by atoms with Crippen LogP contribution in [-0.2, 0) is 12.8 Å². The number of β-amino-alcohol motifs (C(OH)–C–C–N with tert-alkyl or cyclic N) is 1. The third kappa shape index (κ3) is 3.43. The van der Waals surface area contributed by atoms with Gasteiger partial charge in [-0.1, -0.05) is 36.4 Å². The number of hydrogen-bond donors (Lipinski definition) is 2. The van der Waals surface area contributed by atoms with Crippen LogP contribution in [0.3, 0.4) is 0 Å². The fourth-order valence-corrected chi connectivity index (χ4v) is 3.96. The van der Waals surface area contributed by atoms with E-state index in [0.29, 0.717) is 11.7 Å². The molecule has 1 saturated heterocycles. The number of nitrogens with two attached hydrogens (primary N) is 1. The van der Waals surface area contributed by atoms with Gasteiger partial charge in [0.1, 0.15) is 12.1 Å². The van der Waals surface area contributed by atoms with Crippen LogP contribution in [0.1, 0.15) is 23.2 Å². The quantitative estimate of drug-likeness (QED) is 0.872. The Kier molecular flexibility index (Phi) is 4.51. The average molecular weight is 336 g/mol. The lowest BCUT2D eigenvalue weighted by molar-refractivity contribution is 0.139. The van der Waals surface area contributed by atoms with Gasteiger partial charge in [0.25, 0.3) is 0 Å². The molecule has 0 amide bonds. The molecule has 0 bridgehead atoms. The number of rotatable bonds is 5. The number of fused-ring (bicyclic) bond motifs is 1. The second kappa shape index (κ2) is 6.94. The number of aliphatic hydroxyl groups is 1. The zero-order chi connectivity index (χ0) is 17.2. The van der Waals surface area contributed by atoms with Gasteiger partial charge in [-0.05, 0) is 36.3 Å². The fraction of sp³-hybridized carbons (Fsp3) is 0.400. The molecule has 0 saturated carbocycles. The molecule has 1 unspecified atom stereocenters. The highest BCUT2D eigenvalue weighted by Crippen LogP contribution is 2.31. The highest BCUT2D eigenvalue weighted by molar-refractivity contribution is 5.74. The summed E-state index contributed by atoms with van der Waals surface area (Å²) in [5, 5.41) is 10.4. The van der Waals surface area contributed by atoms with Crippen molar-refractivity contribution in [1.82, 2.24) is 14.9 Å². The van der Waals surface area contributed by atoms with E-state index in [1.54, 1.807) is 0 Å². The van der Waals surface area contributed by atoms with E-state index in [2.05, 4.69) is 45.2 Å². The number of aromatic nitrogens is 2. The van der Waals surface area contributed by atoms with Crippen LogP contribution >= 0.6 is 0 Å². The predicted molar refractivity (Wildman–Crippen MR) is 98.8 cm³/mol. The molecule has 2 aromatic rings. The van der Waals surface area contributed by atoms with E-state index in [1.807, 2.05) is 6.07 Å². The van der Waals surface area contributed by atoms with Gasteiger partial charge in [-0.15, -0.1) is 0 Å². The molecule has 5 heteroatoms. The van der Waals surface area contributed by atoms with Gasteiger partial charge in [0.15, 0.2) is 0 Å². The largest absolute Gasteiger partial charge is 0.391 e. The summed E-state index contributed by atoms with van der Waals surface area (Å²) in [6.07, 6.45) is 6.33. The van der Waals surface area contributed by atoms with Gasteiger partial charge in [0, 0.05) is 25.2 Å². The lowest BCUT2D eigenvalue weighted by Gasteiger charge is -2.17. The van der Waals surface area contributed by atoms with E-state index in [9.17, 15) is 5.11 Å². The molecule has 2 heterocycles. The van der Waals surface area contributed by atoms with Gasteiger partial charge in [0.05, 0.1) is 11.8 Å². The summed E-state index contributed by atoms with van der Waals surface area (Å²) in [6.45, 7) is 2.48. The summed E-state index contributed by atoms with van der Waals surface area (Å²) in [5.41, 5.74) is 10.5. The Morgan fingerprint density at radius 1 is 1.16 bits per heavy atom. The van der Waals surface area contributed by atoms with Crippen molar-refractivity contribution in [2.45, 2.75) is 25.4 Å². The summed E-state index contributed by atoms with van der Waals surface area (Å²) >= 11 is 0. The van der Waals surface area contributed by atoms with Crippen LogP contribution in [0.2, 0.25) is 0 Å². The highest BCUT2D eigenvalue weighted by atomic mass is 16.3. The van der Waals surface area contributed by atoms with Crippen molar-refractivity contribution in [3.63, 3.8) is 0 Å². The van der Waals surface area contributed by atoms with E-state index in [-0.39, 0.29) is 6.10 Å². The number of nitrogen functional groups attached to an aromatic ring is 1.